The number of fused-ring (bicyclic) bond motifs is 1. The Morgan fingerprint density at radius 1 is 1.12 bits per heavy atom. The van der Waals surface area contributed by atoms with Gasteiger partial charge in [0.2, 0.25) is 0 Å². The number of furan rings is 1. The van der Waals surface area contributed by atoms with E-state index in [4.69, 9.17) is 4.42 Å². The molecule has 1 aliphatic heterocycles. The summed E-state index contributed by atoms with van der Waals surface area (Å²) in [4.78, 5) is 15.1. The van der Waals surface area contributed by atoms with Crippen LogP contribution in [0.1, 0.15) is 98.9 Å². The first-order chi connectivity index (χ1) is 15.1. The minimum atomic E-state index is -0.107. The number of benzene rings is 1. The zero-order chi connectivity index (χ0) is 23.1. The molecule has 0 spiro atoms. The van der Waals surface area contributed by atoms with E-state index in [2.05, 4.69) is 63.9 Å². The molecule has 1 N–H and O–H groups in total. The van der Waals surface area contributed by atoms with E-state index >= 15 is 0 Å². The van der Waals surface area contributed by atoms with Crippen molar-refractivity contribution in [2.75, 3.05) is 19.6 Å². The zero-order valence-corrected chi connectivity index (χ0v) is 20.8. The van der Waals surface area contributed by atoms with E-state index in [1.54, 1.807) is 0 Å². The van der Waals surface area contributed by atoms with Gasteiger partial charge in [-0.1, -0.05) is 46.8 Å². The Bertz CT molecular complexity index is 985. The normalized spacial score (nSPS) is 22.0. The fraction of sp³-hybridized carbons (Fsp3) is 0.607. The van der Waals surface area contributed by atoms with E-state index in [-0.39, 0.29) is 16.7 Å². The van der Waals surface area contributed by atoms with Gasteiger partial charge in [-0.05, 0) is 90.9 Å². The number of carbonyl (C=O) groups excluding carboxylic acids is 1. The molecule has 0 bridgehead atoms. The van der Waals surface area contributed by atoms with Crippen molar-refractivity contribution in [1.29, 1.82) is 0 Å². The number of aryl methyl sites for hydroxylation is 1. The quantitative estimate of drug-likeness (QED) is 0.628. The lowest BCUT2D eigenvalue weighted by molar-refractivity contribution is 0.0912. The summed E-state index contributed by atoms with van der Waals surface area (Å²) in [6.07, 6.45) is 5.52. The van der Waals surface area contributed by atoms with Crippen LogP contribution in [0.15, 0.2) is 28.7 Å². The molecule has 1 saturated heterocycles. The van der Waals surface area contributed by atoms with Crippen molar-refractivity contribution in [3.8, 4) is 0 Å². The monoisotopic (exact) mass is 436 g/mol. The number of nitrogens with one attached hydrogen (secondary N) is 1. The van der Waals surface area contributed by atoms with Crippen LogP contribution < -0.4 is 5.32 Å². The Morgan fingerprint density at radius 2 is 1.81 bits per heavy atom. The number of hydrogen-bond donors (Lipinski definition) is 1. The van der Waals surface area contributed by atoms with Crippen LogP contribution in [0, 0.1) is 6.92 Å². The second-order valence-electron chi connectivity index (χ2n) is 11.2. The van der Waals surface area contributed by atoms with E-state index in [1.165, 1.54) is 41.5 Å². The first kappa shape index (κ1) is 23.1. The molecular weight excluding hydrogens is 396 g/mol. The Kier molecular flexibility index (Phi) is 6.28. The minimum Gasteiger partial charge on any atom is -0.456 e. The van der Waals surface area contributed by atoms with Crippen LogP contribution in [-0.2, 0) is 17.3 Å². The van der Waals surface area contributed by atoms with E-state index in [9.17, 15) is 4.79 Å². The topological polar surface area (TPSA) is 45.5 Å². The van der Waals surface area contributed by atoms with Crippen LogP contribution in [0.5, 0.6) is 0 Å². The first-order valence-corrected chi connectivity index (χ1v) is 12.4. The van der Waals surface area contributed by atoms with Crippen LogP contribution in [0.2, 0.25) is 0 Å². The predicted molar refractivity (Wildman–Crippen MR) is 131 cm³/mol. The van der Waals surface area contributed by atoms with Crippen molar-refractivity contribution < 1.29 is 9.21 Å². The maximum atomic E-state index is 12.7. The van der Waals surface area contributed by atoms with Gasteiger partial charge in [-0.25, -0.2) is 0 Å². The SMILES string of the molecule is CCN1CCCC1CNC(=O)c1ccc(Cc2cc3c(cc2C)C(C)(C)CCC3(C)C)o1. The largest absolute Gasteiger partial charge is 0.456 e. The number of carbonyl (C=O) groups is 1. The van der Waals surface area contributed by atoms with Crippen LogP contribution in [-0.4, -0.2) is 36.5 Å². The van der Waals surface area contributed by atoms with Crippen molar-refractivity contribution >= 4 is 5.91 Å². The van der Waals surface area contributed by atoms with Crippen LogP contribution in [0.4, 0.5) is 0 Å². The lowest BCUT2D eigenvalue weighted by Crippen LogP contribution is -2.39. The van der Waals surface area contributed by atoms with E-state index in [1.807, 2.05) is 12.1 Å². The molecule has 1 aromatic heterocycles. The maximum Gasteiger partial charge on any atom is 0.287 e. The standard InChI is InChI=1S/C28H40N2O2/c1-7-30-14-8-9-21(30)18-29-26(31)25-11-10-22(32-25)16-20-17-24-23(15-19(20)2)27(3,4)12-13-28(24,5)6/h10-11,15,17,21H,7-9,12-14,16,18H2,1-6H3,(H,29,31). The molecule has 1 atom stereocenters. The number of amides is 1. The number of nitrogens with zero attached hydrogens (tertiary/aromatic N) is 1. The predicted octanol–water partition coefficient (Wildman–Crippen LogP) is 5.74. The highest BCUT2D eigenvalue weighted by Gasteiger charge is 2.37. The molecule has 1 amide bonds. The summed E-state index contributed by atoms with van der Waals surface area (Å²) >= 11 is 0. The van der Waals surface area contributed by atoms with Gasteiger partial charge in [0.25, 0.3) is 5.91 Å². The van der Waals surface area contributed by atoms with Crippen LogP contribution in [0.25, 0.3) is 0 Å². The van der Waals surface area contributed by atoms with E-state index in [0.29, 0.717) is 18.3 Å². The molecule has 2 heterocycles. The maximum absolute atomic E-state index is 12.7. The third-order valence-electron chi connectivity index (χ3n) is 7.96. The highest BCUT2D eigenvalue weighted by atomic mass is 16.3. The summed E-state index contributed by atoms with van der Waals surface area (Å²) in [5.74, 6) is 1.16. The molecule has 1 unspecified atom stereocenters. The Morgan fingerprint density at radius 3 is 2.50 bits per heavy atom. The highest BCUT2D eigenvalue weighted by Crippen LogP contribution is 2.46. The van der Waals surface area contributed by atoms with Crippen molar-refractivity contribution in [3.05, 3.63) is 58.0 Å². The van der Waals surface area contributed by atoms with Gasteiger partial charge in [0.05, 0.1) is 0 Å². The molecule has 0 radical (unpaired) electrons. The van der Waals surface area contributed by atoms with Gasteiger partial charge < -0.3 is 9.73 Å². The summed E-state index contributed by atoms with van der Waals surface area (Å²) in [7, 11) is 0. The Balaban J connectivity index is 1.47. The summed E-state index contributed by atoms with van der Waals surface area (Å²) in [5, 5.41) is 3.08. The fourth-order valence-corrected chi connectivity index (χ4v) is 5.58. The molecule has 32 heavy (non-hydrogen) atoms. The summed E-state index contributed by atoms with van der Waals surface area (Å²) < 4.78 is 5.98. The zero-order valence-electron chi connectivity index (χ0n) is 20.8. The molecular formula is C28H40N2O2. The molecule has 4 heteroatoms. The molecule has 1 aromatic carbocycles. The average molecular weight is 437 g/mol. The third kappa shape index (κ3) is 4.52. The molecule has 2 aliphatic rings. The second kappa shape index (κ2) is 8.70. The van der Waals surface area contributed by atoms with Gasteiger partial charge >= 0.3 is 0 Å². The van der Waals surface area contributed by atoms with Gasteiger partial charge in [0, 0.05) is 19.0 Å². The van der Waals surface area contributed by atoms with E-state index in [0.717, 1.165) is 31.7 Å². The van der Waals surface area contributed by atoms with E-state index < -0.39 is 0 Å². The smallest absolute Gasteiger partial charge is 0.287 e. The number of likely N-dealkylation sites (N-methyl/N-ethyl adjacent to an activating group) is 1. The van der Waals surface area contributed by atoms with Crippen molar-refractivity contribution in [2.45, 2.75) is 90.5 Å². The van der Waals surface area contributed by atoms with Crippen molar-refractivity contribution in [1.82, 2.24) is 10.2 Å². The second-order valence-corrected chi connectivity index (χ2v) is 11.2. The average Bonchev–Trinajstić information content (AvgIpc) is 3.40. The van der Waals surface area contributed by atoms with Gasteiger partial charge in [-0.15, -0.1) is 0 Å². The van der Waals surface area contributed by atoms with Gasteiger partial charge in [0.1, 0.15) is 5.76 Å². The van der Waals surface area contributed by atoms with Gasteiger partial charge in [0.15, 0.2) is 5.76 Å². The summed E-state index contributed by atoms with van der Waals surface area (Å²) in [6.45, 7) is 16.7. The number of likely N-dealkylation sites (tertiary alicyclic amines) is 1. The summed E-state index contributed by atoms with van der Waals surface area (Å²) in [5.41, 5.74) is 5.96. The number of hydrogen-bond acceptors (Lipinski definition) is 3. The molecule has 4 nitrogen and oxygen atoms in total. The minimum absolute atomic E-state index is 0.107. The number of rotatable bonds is 6. The lowest BCUT2D eigenvalue weighted by Gasteiger charge is -2.42. The lowest BCUT2D eigenvalue weighted by atomic mass is 9.62. The first-order valence-electron chi connectivity index (χ1n) is 12.4. The summed E-state index contributed by atoms with van der Waals surface area (Å²) in [6, 6.07) is 9.01. The molecule has 0 saturated carbocycles. The van der Waals surface area contributed by atoms with Gasteiger partial charge in [-0.3, -0.25) is 9.69 Å². The molecule has 174 valence electrons. The fourth-order valence-electron chi connectivity index (χ4n) is 5.58. The Hall–Kier alpha value is -2.07. The Labute approximate surface area is 193 Å². The molecule has 4 rings (SSSR count). The van der Waals surface area contributed by atoms with Crippen LogP contribution in [0.3, 0.4) is 0 Å². The molecule has 1 aliphatic carbocycles. The third-order valence-corrected chi connectivity index (χ3v) is 7.96. The van der Waals surface area contributed by atoms with Crippen molar-refractivity contribution in [3.63, 3.8) is 0 Å². The molecule has 2 aromatic rings. The van der Waals surface area contributed by atoms with Gasteiger partial charge in [-0.2, -0.15) is 0 Å². The van der Waals surface area contributed by atoms with Crippen molar-refractivity contribution in [2.24, 2.45) is 0 Å². The molecule has 1 fully saturated rings. The highest BCUT2D eigenvalue weighted by molar-refractivity contribution is 5.91. The van der Waals surface area contributed by atoms with Crippen LogP contribution >= 0.6 is 0 Å².